The molecule has 1 fully saturated rings. The number of hydrogen-bond acceptors (Lipinski definition) is 3. The van der Waals surface area contributed by atoms with Gasteiger partial charge in [0.15, 0.2) is 0 Å². The van der Waals surface area contributed by atoms with Crippen molar-refractivity contribution >= 4 is 11.4 Å². The fourth-order valence-electron chi connectivity index (χ4n) is 1.93. The SMILES string of the molecule is O=[N+]([O-])c1cccc(NCCC2CCC2)c1. The van der Waals surface area contributed by atoms with Crippen LogP contribution in [0.3, 0.4) is 0 Å². The Kier molecular flexibility index (Phi) is 3.39. The Morgan fingerprint density at radius 3 is 2.88 bits per heavy atom. The fraction of sp³-hybridized carbons (Fsp3) is 0.500. The van der Waals surface area contributed by atoms with Crippen molar-refractivity contribution in [3.63, 3.8) is 0 Å². The van der Waals surface area contributed by atoms with Gasteiger partial charge in [-0.15, -0.1) is 0 Å². The molecule has 1 N–H and O–H groups in total. The van der Waals surface area contributed by atoms with E-state index in [1.165, 1.54) is 31.7 Å². The van der Waals surface area contributed by atoms with Gasteiger partial charge in [-0.2, -0.15) is 0 Å². The first-order chi connectivity index (χ1) is 7.75. The van der Waals surface area contributed by atoms with E-state index in [1.807, 2.05) is 6.07 Å². The van der Waals surface area contributed by atoms with Crippen LogP contribution >= 0.6 is 0 Å². The molecule has 1 saturated carbocycles. The summed E-state index contributed by atoms with van der Waals surface area (Å²) in [5.41, 5.74) is 0.988. The highest BCUT2D eigenvalue weighted by molar-refractivity contribution is 5.50. The monoisotopic (exact) mass is 220 g/mol. The highest BCUT2D eigenvalue weighted by atomic mass is 16.6. The second-order valence-corrected chi connectivity index (χ2v) is 4.32. The van der Waals surface area contributed by atoms with Gasteiger partial charge in [0, 0.05) is 24.4 Å². The molecule has 0 unspecified atom stereocenters. The van der Waals surface area contributed by atoms with E-state index in [9.17, 15) is 10.1 Å². The largest absolute Gasteiger partial charge is 0.385 e. The van der Waals surface area contributed by atoms with Gasteiger partial charge in [-0.25, -0.2) is 0 Å². The van der Waals surface area contributed by atoms with Crippen molar-refractivity contribution < 1.29 is 4.92 Å². The predicted octanol–water partition coefficient (Wildman–Crippen LogP) is 3.20. The van der Waals surface area contributed by atoms with Crippen molar-refractivity contribution in [2.24, 2.45) is 5.92 Å². The minimum Gasteiger partial charge on any atom is -0.385 e. The van der Waals surface area contributed by atoms with Gasteiger partial charge in [0.05, 0.1) is 4.92 Å². The molecule has 0 heterocycles. The van der Waals surface area contributed by atoms with Gasteiger partial charge in [-0.1, -0.05) is 25.3 Å². The van der Waals surface area contributed by atoms with E-state index in [-0.39, 0.29) is 10.6 Å². The van der Waals surface area contributed by atoms with Crippen molar-refractivity contribution in [2.45, 2.75) is 25.7 Å². The molecule has 0 aromatic heterocycles. The summed E-state index contributed by atoms with van der Waals surface area (Å²) in [5.74, 6) is 0.867. The first-order valence-electron chi connectivity index (χ1n) is 5.74. The van der Waals surface area contributed by atoms with Gasteiger partial charge >= 0.3 is 0 Å². The smallest absolute Gasteiger partial charge is 0.271 e. The molecule has 2 rings (SSSR count). The molecular weight excluding hydrogens is 204 g/mol. The molecule has 0 atom stereocenters. The summed E-state index contributed by atoms with van der Waals surface area (Å²) in [6, 6.07) is 6.68. The maximum Gasteiger partial charge on any atom is 0.271 e. The summed E-state index contributed by atoms with van der Waals surface area (Å²) >= 11 is 0. The van der Waals surface area contributed by atoms with E-state index in [2.05, 4.69) is 5.32 Å². The number of rotatable bonds is 5. The standard InChI is InChI=1S/C12H16N2O2/c15-14(16)12-6-2-5-11(9-12)13-8-7-10-3-1-4-10/h2,5-6,9-10,13H,1,3-4,7-8H2. The first-order valence-corrected chi connectivity index (χ1v) is 5.74. The second-order valence-electron chi connectivity index (χ2n) is 4.32. The molecule has 16 heavy (non-hydrogen) atoms. The minimum atomic E-state index is -0.364. The summed E-state index contributed by atoms with van der Waals surface area (Å²) in [4.78, 5) is 10.2. The minimum absolute atomic E-state index is 0.147. The van der Waals surface area contributed by atoms with E-state index in [1.54, 1.807) is 12.1 Å². The average molecular weight is 220 g/mol. The van der Waals surface area contributed by atoms with Crippen LogP contribution in [0.4, 0.5) is 11.4 Å². The lowest BCUT2D eigenvalue weighted by molar-refractivity contribution is -0.384. The molecule has 4 nitrogen and oxygen atoms in total. The molecule has 4 heteroatoms. The maximum atomic E-state index is 10.6. The van der Waals surface area contributed by atoms with E-state index >= 15 is 0 Å². The predicted molar refractivity (Wildman–Crippen MR) is 63.5 cm³/mol. The average Bonchev–Trinajstić information content (AvgIpc) is 2.22. The number of hydrogen-bond donors (Lipinski definition) is 1. The van der Waals surface area contributed by atoms with Gasteiger partial charge < -0.3 is 5.32 Å². The molecule has 1 aliphatic carbocycles. The van der Waals surface area contributed by atoms with E-state index in [0.29, 0.717) is 0 Å². The van der Waals surface area contributed by atoms with Crippen LogP contribution in [0.15, 0.2) is 24.3 Å². The van der Waals surface area contributed by atoms with Crippen molar-refractivity contribution in [1.29, 1.82) is 0 Å². The Balaban J connectivity index is 1.83. The zero-order chi connectivity index (χ0) is 11.4. The zero-order valence-corrected chi connectivity index (χ0v) is 9.19. The number of benzene rings is 1. The van der Waals surface area contributed by atoms with Crippen LogP contribution in [-0.2, 0) is 0 Å². The van der Waals surface area contributed by atoms with E-state index in [4.69, 9.17) is 0 Å². The van der Waals surface area contributed by atoms with Crippen molar-refractivity contribution in [1.82, 2.24) is 0 Å². The van der Waals surface area contributed by atoms with Crippen LogP contribution in [0.2, 0.25) is 0 Å². The highest BCUT2D eigenvalue weighted by Crippen LogP contribution is 2.29. The molecule has 0 aliphatic heterocycles. The number of non-ortho nitro benzene ring substituents is 1. The molecule has 0 bridgehead atoms. The summed E-state index contributed by atoms with van der Waals surface area (Å²) in [7, 11) is 0. The topological polar surface area (TPSA) is 55.2 Å². The number of nitro benzene ring substituents is 1. The molecule has 0 amide bonds. The third kappa shape index (κ3) is 2.72. The molecule has 1 aromatic rings. The van der Waals surface area contributed by atoms with Crippen LogP contribution in [-0.4, -0.2) is 11.5 Å². The van der Waals surface area contributed by atoms with Crippen LogP contribution in [0.25, 0.3) is 0 Å². The van der Waals surface area contributed by atoms with Gasteiger partial charge in [0.2, 0.25) is 0 Å². The Morgan fingerprint density at radius 2 is 2.25 bits per heavy atom. The highest BCUT2D eigenvalue weighted by Gasteiger charge is 2.16. The molecule has 1 aromatic carbocycles. The number of nitro groups is 1. The van der Waals surface area contributed by atoms with E-state index in [0.717, 1.165) is 18.2 Å². The quantitative estimate of drug-likeness (QED) is 0.612. The van der Waals surface area contributed by atoms with Crippen molar-refractivity contribution in [3.05, 3.63) is 34.4 Å². The lowest BCUT2D eigenvalue weighted by atomic mass is 9.83. The van der Waals surface area contributed by atoms with Crippen LogP contribution in [0.1, 0.15) is 25.7 Å². The summed E-state index contributed by atoms with van der Waals surface area (Å²) in [6.07, 6.45) is 5.22. The maximum absolute atomic E-state index is 10.6. The lowest BCUT2D eigenvalue weighted by Gasteiger charge is -2.25. The van der Waals surface area contributed by atoms with Gasteiger partial charge in [-0.05, 0) is 18.4 Å². The third-order valence-corrected chi connectivity index (χ3v) is 3.16. The molecule has 0 spiro atoms. The Hall–Kier alpha value is -1.58. The van der Waals surface area contributed by atoms with Crippen molar-refractivity contribution in [3.8, 4) is 0 Å². The number of anilines is 1. The zero-order valence-electron chi connectivity index (χ0n) is 9.19. The molecule has 1 aliphatic rings. The number of nitrogens with one attached hydrogen (secondary N) is 1. The summed E-state index contributed by atoms with van der Waals surface area (Å²) in [6.45, 7) is 0.909. The molecular formula is C12H16N2O2. The molecule has 86 valence electrons. The van der Waals surface area contributed by atoms with E-state index < -0.39 is 0 Å². The molecule has 0 saturated heterocycles. The van der Waals surface area contributed by atoms with Gasteiger partial charge in [0.25, 0.3) is 5.69 Å². The normalized spacial score (nSPS) is 15.5. The fourth-order valence-corrected chi connectivity index (χ4v) is 1.93. The van der Waals surface area contributed by atoms with Crippen molar-refractivity contribution in [2.75, 3.05) is 11.9 Å². The van der Waals surface area contributed by atoms with Gasteiger partial charge in [0.1, 0.15) is 0 Å². The third-order valence-electron chi connectivity index (χ3n) is 3.16. The second kappa shape index (κ2) is 4.96. The van der Waals surface area contributed by atoms with Crippen LogP contribution < -0.4 is 5.32 Å². The summed E-state index contributed by atoms with van der Waals surface area (Å²) < 4.78 is 0. The van der Waals surface area contributed by atoms with Crippen LogP contribution in [0, 0.1) is 16.0 Å². The van der Waals surface area contributed by atoms with Gasteiger partial charge in [-0.3, -0.25) is 10.1 Å². The Labute approximate surface area is 94.8 Å². The summed E-state index contributed by atoms with van der Waals surface area (Å²) in [5, 5.41) is 13.8. The Morgan fingerprint density at radius 1 is 1.44 bits per heavy atom. The lowest BCUT2D eigenvalue weighted by Crippen LogP contribution is -2.15. The number of nitrogens with zero attached hydrogens (tertiary/aromatic N) is 1. The first kappa shape index (κ1) is 10.9. The molecule has 0 radical (unpaired) electrons. The Bertz CT molecular complexity index is 375. The van der Waals surface area contributed by atoms with Crippen LogP contribution in [0.5, 0.6) is 0 Å².